The van der Waals surface area contributed by atoms with Crippen LogP contribution in [0.25, 0.3) is 12.2 Å². The third-order valence-electron chi connectivity index (χ3n) is 1.59. The Kier molecular flexibility index (Phi) is 3.03. The van der Waals surface area contributed by atoms with Crippen molar-refractivity contribution in [1.82, 2.24) is 0 Å². The zero-order valence-electron chi connectivity index (χ0n) is 7.10. The summed E-state index contributed by atoms with van der Waals surface area (Å²) in [6.45, 7) is 3.62. The molecule has 1 N–H and O–H groups in total. The molecular formula is C11H10O2. The van der Waals surface area contributed by atoms with E-state index in [1.165, 1.54) is 0 Å². The normalized spacial score (nSPS) is 10.2. The van der Waals surface area contributed by atoms with Crippen LogP contribution in [0, 0.1) is 0 Å². The summed E-state index contributed by atoms with van der Waals surface area (Å²) in [7, 11) is 0. The van der Waals surface area contributed by atoms with Crippen LogP contribution in [-0.4, -0.2) is 11.1 Å². The lowest BCUT2D eigenvalue weighted by molar-refractivity contribution is -0.131. The third kappa shape index (κ3) is 2.95. The summed E-state index contributed by atoms with van der Waals surface area (Å²) in [6.07, 6.45) is 4.41. The molecule has 0 saturated heterocycles. The van der Waals surface area contributed by atoms with Crippen LogP contribution in [0.4, 0.5) is 0 Å². The highest BCUT2D eigenvalue weighted by atomic mass is 16.4. The maximum Gasteiger partial charge on any atom is 0.328 e. The van der Waals surface area contributed by atoms with Crippen LogP contribution in [0.1, 0.15) is 11.1 Å². The number of hydrogen-bond acceptors (Lipinski definition) is 1. The molecule has 2 heteroatoms. The molecule has 0 aromatic heterocycles. The van der Waals surface area contributed by atoms with Gasteiger partial charge in [-0.3, -0.25) is 0 Å². The molecule has 0 aliphatic heterocycles. The number of hydrogen-bond donors (Lipinski definition) is 1. The highest BCUT2D eigenvalue weighted by molar-refractivity contribution is 5.85. The fourth-order valence-corrected chi connectivity index (χ4v) is 0.911. The lowest BCUT2D eigenvalue weighted by atomic mass is 10.1. The molecule has 0 fully saturated rings. The lowest BCUT2D eigenvalue weighted by Gasteiger charge is -1.93. The van der Waals surface area contributed by atoms with E-state index < -0.39 is 5.97 Å². The second-order valence-corrected chi connectivity index (χ2v) is 2.54. The van der Waals surface area contributed by atoms with Gasteiger partial charge in [-0.05, 0) is 17.2 Å². The molecule has 0 heterocycles. The van der Waals surface area contributed by atoms with Crippen molar-refractivity contribution in [3.63, 3.8) is 0 Å². The second kappa shape index (κ2) is 4.26. The predicted molar refractivity (Wildman–Crippen MR) is 53.2 cm³/mol. The van der Waals surface area contributed by atoms with Gasteiger partial charge >= 0.3 is 5.97 Å². The number of carboxylic acids is 1. The summed E-state index contributed by atoms with van der Waals surface area (Å²) in [5.41, 5.74) is 1.89. The Labute approximate surface area is 76.8 Å². The molecule has 0 radical (unpaired) electrons. The molecule has 0 aliphatic rings. The van der Waals surface area contributed by atoms with Crippen molar-refractivity contribution in [1.29, 1.82) is 0 Å². The molecule has 0 spiro atoms. The molecule has 13 heavy (non-hydrogen) atoms. The summed E-state index contributed by atoms with van der Waals surface area (Å²) in [5.74, 6) is -0.937. The highest BCUT2D eigenvalue weighted by Gasteiger charge is 1.89. The summed E-state index contributed by atoms with van der Waals surface area (Å²) in [4.78, 5) is 10.2. The van der Waals surface area contributed by atoms with Gasteiger partial charge in [0.15, 0.2) is 0 Å². The maximum absolute atomic E-state index is 10.2. The third-order valence-corrected chi connectivity index (χ3v) is 1.59. The van der Waals surface area contributed by atoms with E-state index in [0.29, 0.717) is 0 Å². The van der Waals surface area contributed by atoms with E-state index in [9.17, 15) is 4.79 Å². The topological polar surface area (TPSA) is 37.3 Å². The van der Waals surface area contributed by atoms with Crippen LogP contribution >= 0.6 is 0 Å². The average Bonchev–Trinajstić information content (AvgIpc) is 2.15. The van der Waals surface area contributed by atoms with E-state index in [0.717, 1.165) is 17.2 Å². The molecule has 1 rings (SSSR count). The van der Waals surface area contributed by atoms with Crippen LogP contribution in [0.2, 0.25) is 0 Å². The minimum Gasteiger partial charge on any atom is -0.478 e. The van der Waals surface area contributed by atoms with Gasteiger partial charge in [0.25, 0.3) is 0 Å². The van der Waals surface area contributed by atoms with E-state index in [1.807, 2.05) is 24.3 Å². The molecule has 0 atom stereocenters. The zero-order valence-corrected chi connectivity index (χ0v) is 7.10. The van der Waals surface area contributed by atoms with Gasteiger partial charge in [-0.2, -0.15) is 0 Å². The van der Waals surface area contributed by atoms with E-state index in [-0.39, 0.29) is 0 Å². The van der Waals surface area contributed by atoms with Crippen molar-refractivity contribution in [2.75, 3.05) is 0 Å². The molecule has 0 bridgehead atoms. The number of aliphatic carboxylic acids is 1. The second-order valence-electron chi connectivity index (χ2n) is 2.54. The first-order valence-corrected chi connectivity index (χ1v) is 3.86. The van der Waals surface area contributed by atoms with Crippen LogP contribution in [0.5, 0.6) is 0 Å². The Morgan fingerprint density at radius 3 is 2.23 bits per heavy atom. The van der Waals surface area contributed by atoms with Crippen molar-refractivity contribution >= 4 is 18.1 Å². The Bertz CT molecular complexity index is 334. The number of carbonyl (C=O) groups is 1. The number of benzene rings is 1. The van der Waals surface area contributed by atoms with Gasteiger partial charge in [-0.1, -0.05) is 36.9 Å². The fourth-order valence-electron chi connectivity index (χ4n) is 0.911. The molecule has 1 aromatic rings. The molecule has 66 valence electrons. The smallest absolute Gasteiger partial charge is 0.328 e. The summed E-state index contributed by atoms with van der Waals surface area (Å²) in [6, 6.07) is 7.45. The molecule has 0 saturated carbocycles. The van der Waals surface area contributed by atoms with Crippen molar-refractivity contribution in [3.8, 4) is 0 Å². The van der Waals surface area contributed by atoms with Crippen molar-refractivity contribution in [3.05, 3.63) is 48.0 Å². The van der Waals surface area contributed by atoms with Crippen LogP contribution in [0.3, 0.4) is 0 Å². The number of carboxylic acid groups (broad SMARTS) is 1. The minimum absolute atomic E-state index is 0.869. The molecule has 2 nitrogen and oxygen atoms in total. The maximum atomic E-state index is 10.2. The quantitative estimate of drug-likeness (QED) is 0.714. The van der Waals surface area contributed by atoms with E-state index in [2.05, 4.69) is 6.58 Å². The van der Waals surface area contributed by atoms with Gasteiger partial charge < -0.3 is 5.11 Å². The summed E-state index contributed by atoms with van der Waals surface area (Å²) in [5, 5.41) is 8.37. The summed E-state index contributed by atoms with van der Waals surface area (Å²) < 4.78 is 0. The number of rotatable bonds is 3. The van der Waals surface area contributed by atoms with Crippen molar-refractivity contribution in [2.24, 2.45) is 0 Å². The monoisotopic (exact) mass is 174 g/mol. The Balaban J connectivity index is 2.80. The first-order chi connectivity index (χ1) is 6.22. The summed E-state index contributed by atoms with van der Waals surface area (Å²) >= 11 is 0. The Morgan fingerprint density at radius 2 is 1.77 bits per heavy atom. The van der Waals surface area contributed by atoms with Gasteiger partial charge in [-0.15, -0.1) is 0 Å². The highest BCUT2D eigenvalue weighted by Crippen LogP contribution is 2.06. The van der Waals surface area contributed by atoms with Gasteiger partial charge in [0, 0.05) is 6.08 Å². The van der Waals surface area contributed by atoms with Crippen molar-refractivity contribution < 1.29 is 9.90 Å². The van der Waals surface area contributed by atoms with Crippen LogP contribution in [0.15, 0.2) is 36.9 Å². The SMILES string of the molecule is C=Cc1ccc(/C=C\C(=O)O)cc1. The average molecular weight is 174 g/mol. The molecule has 1 aromatic carbocycles. The van der Waals surface area contributed by atoms with Crippen LogP contribution < -0.4 is 0 Å². The van der Waals surface area contributed by atoms with E-state index >= 15 is 0 Å². The first kappa shape index (κ1) is 9.26. The van der Waals surface area contributed by atoms with Crippen LogP contribution in [-0.2, 0) is 4.79 Å². The van der Waals surface area contributed by atoms with E-state index in [4.69, 9.17) is 5.11 Å². The molecule has 0 amide bonds. The lowest BCUT2D eigenvalue weighted by Crippen LogP contribution is -1.85. The Hall–Kier alpha value is -1.83. The van der Waals surface area contributed by atoms with Crippen molar-refractivity contribution in [2.45, 2.75) is 0 Å². The standard InChI is InChI=1S/C11H10O2/c1-2-9-3-5-10(6-4-9)7-8-11(12)13/h2-8H,1H2,(H,12,13)/b8-7-. The molecule has 0 unspecified atom stereocenters. The zero-order chi connectivity index (χ0) is 9.68. The largest absolute Gasteiger partial charge is 0.478 e. The predicted octanol–water partition coefficient (Wildman–Crippen LogP) is 2.43. The van der Waals surface area contributed by atoms with Gasteiger partial charge in [0.05, 0.1) is 0 Å². The molecule has 0 aliphatic carbocycles. The minimum atomic E-state index is -0.937. The van der Waals surface area contributed by atoms with Gasteiger partial charge in [0.2, 0.25) is 0 Å². The molecular weight excluding hydrogens is 164 g/mol. The fraction of sp³-hybridized carbons (Fsp3) is 0. The first-order valence-electron chi connectivity index (χ1n) is 3.86. The Morgan fingerprint density at radius 1 is 1.23 bits per heavy atom. The van der Waals surface area contributed by atoms with Gasteiger partial charge in [-0.25, -0.2) is 4.79 Å². The van der Waals surface area contributed by atoms with E-state index in [1.54, 1.807) is 12.2 Å². The van der Waals surface area contributed by atoms with Gasteiger partial charge in [0.1, 0.15) is 0 Å².